The first kappa shape index (κ1) is 15.2. The van der Waals surface area contributed by atoms with E-state index in [0.29, 0.717) is 15.7 Å². The highest BCUT2D eigenvalue weighted by atomic mass is 79.9. The van der Waals surface area contributed by atoms with Crippen molar-refractivity contribution >= 4 is 56.4 Å². The van der Waals surface area contributed by atoms with Crippen LogP contribution in [0.4, 0.5) is 11.4 Å². The number of nitrogens with one attached hydrogen (secondary N) is 2. The predicted octanol–water partition coefficient (Wildman–Crippen LogP) is 4.81. The summed E-state index contributed by atoms with van der Waals surface area (Å²) >= 11 is 15.4. The van der Waals surface area contributed by atoms with Gasteiger partial charge in [0.25, 0.3) is 0 Å². The van der Waals surface area contributed by atoms with Crippen molar-refractivity contribution in [1.29, 1.82) is 0 Å². The third-order valence-electron chi connectivity index (χ3n) is 2.50. The second-order valence-corrected chi connectivity index (χ2v) is 5.74. The van der Waals surface area contributed by atoms with E-state index in [1.54, 1.807) is 18.2 Å². The summed E-state index contributed by atoms with van der Waals surface area (Å²) in [6.45, 7) is 0.0793. The Morgan fingerprint density at radius 1 is 1.10 bits per heavy atom. The third kappa shape index (κ3) is 4.13. The molecular weight excluding hydrogens is 363 g/mol. The molecule has 6 heteroatoms. The van der Waals surface area contributed by atoms with Crippen molar-refractivity contribution in [2.45, 2.75) is 0 Å². The van der Waals surface area contributed by atoms with E-state index in [1.807, 2.05) is 24.3 Å². The normalized spacial score (nSPS) is 10.2. The molecule has 0 spiro atoms. The Morgan fingerprint density at radius 3 is 2.40 bits per heavy atom. The van der Waals surface area contributed by atoms with Gasteiger partial charge in [-0.2, -0.15) is 0 Å². The van der Waals surface area contributed by atoms with Crippen molar-refractivity contribution in [3.63, 3.8) is 0 Å². The van der Waals surface area contributed by atoms with Gasteiger partial charge in [0, 0.05) is 10.2 Å². The van der Waals surface area contributed by atoms with E-state index in [1.165, 1.54) is 0 Å². The van der Waals surface area contributed by atoms with Crippen molar-refractivity contribution < 1.29 is 4.79 Å². The van der Waals surface area contributed by atoms with Crippen LogP contribution in [-0.4, -0.2) is 12.5 Å². The molecule has 0 radical (unpaired) electrons. The predicted molar refractivity (Wildman–Crippen MR) is 87.7 cm³/mol. The zero-order chi connectivity index (χ0) is 14.5. The van der Waals surface area contributed by atoms with Gasteiger partial charge < -0.3 is 10.6 Å². The van der Waals surface area contributed by atoms with Crippen LogP contribution in [0.25, 0.3) is 0 Å². The number of para-hydroxylation sites is 1. The maximum atomic E-state index is 11.8. The number of halogens is 3. The van der Waals surface area contributed by atoms with E-state index in [2.05, 4.69) is 26.6 Å². The minimum atomic E-state index is -0.181. The second kappa shape index (κ2) is 6.97. The molecular formula is C14H11BrCl2N2O. The van der Waals surface area contributed by atoms with Gasteiger partial charge in [0.1, 0.15) is 0 Å². The van der Waals surface area contributed by atoms with E-state index in [0.717, 1.165) is 10.2 Å². The maximum absolute atomic E-state index is 11.8. The molecule has 0 saturated carbocycles. The van der Waals surface area contributed by atoms with Crippen molar-refractivity contribution in [2.24, 2.45) is 0 Å². The zero-order valence-electron chi connectivity index (χ0n) is 10.3. The molecule has 0 aromatic heterocycles. The molecule has 0 aliphatic rings. The lowest BCUT2D eigenvalue weighted by Gasteiger charge is -2.10. The van der Waals surface area contributed by atoms with E-state index in [9.17, 15) is 4.79 Å². The Labute approximate surface area is 135 Å². The summed E-state index contributed by atoms with van der Waals surface area (Å²) in [5.41, 5.74) is 1.27. The molecule has 2 N–H and O–H groups in total. The molecule has 20 heavy (non-hydrogen) atoms. The summed E-state index contributed by atoms with van der Waals surface area (Å²) < 4.78 is 0.900. The molecule has 1 amide bonds. The van der Waals surface area contributed by atoms with Gasteiger partial charge in [-0.15, -0.1) is 0 Å². The van der Waals surface area contributed by atoms with Gasteiger partial charge in [-0.25, -0.2) is 0 Å². The molecule has 0 bridgehead atoms. The Balaban J connectivity index is 1.96. The van der Waals surface area contributed by atoms with Crippen molar-refractivity contribution in [2.75, 3.05) is 17.2 Å². The zero-order valence-corrected chi connectivity index (χ0v) is 13.4. The molecule has 0 aliphatic heterocycles. The minimum Gasteiger partial charge on any atom is -0.374 e. The number of carbonyl (C=O) groups is 1. The van der Waals surface area contributed by atoms with Gasteiger partial charge in [0.05, 0.1) is 22.3 Å². The van der Waals surface area contributed by atoms with Gasteiger partial charge in [-0.3, -0.25) is 4.79 Å². The largest absolute Gasteiger partial charge is 0.374 e. The Hall–Kier alpha value is -1.23. The van der Waals surface area contributed by atoms with Crippen LogP contribution in [0.3, 0.4) is 0 Å². The smallest absolute Gasteiger partial charge is 0.243 e. The summed E-state index contributed by atoms with van der Waals surface area (Å²) in [6.07, 6.45) is 0. The summed E-state index contributed by atoms with van der Waals surface area (Å²) in [4.78, 5) is 11.8. The summed E-state index contributed by atoms with van der Waals surface area (Å²) in [7, 11) is 0. The van der Waals surface area contributed by atoms with Crippen molar-refractivity contribution in [1.82, 2.24) is 0 Å². The highest BCUT2D eigenvalue weighted by molar-refractivity contribution is 9.10. The van der Waals surface area contributed by atoms with E-state index in [-0.39, 0.29) is 12.5 Å². The fourth-order valence-corrected chi connectivity index (χ4v) is 2.54. The van der Waals surface area contributed by atoms with E-state index < -0.39 is 0 Å². The van der Waals surface area contributed by atoms with Crippen LogP contribution in [0, 0.1) is 0 Å². The highest BCUT2D eigenvalue weighted by Crippen LogP contribution is 2.29. The molecule has 104 valence electrons. The average Bonchev–Trinajstić information content (AvgIpc) is 2.38. The molecule has 2 aromatic carbocycles. The molecule has 0 aliphatic carbocycles. The lowest BCUT2D eigenvalue weighted by Crippen LogP contribution is -2.22. The monoisotopic (exact) mass is 372 g/mol. The molecule has 2 aromatic rings. The lowest BCUT2D eigenvalue weighted by atomic mass is 10.3. The Morgan fingerprint density at radius 2 is 1.75 bits per heavy atom. The summed E-state index contributed by atoms with van der Waals surface area (Å²) in [6, 6.07) is 12.5. The SMILES string of the molecule is O=C(CNc1c(Cl)cccc1Cl)Nc1cccc(Br)c1. The van der Waals surface area contributed by atoms with Crippen LogP contribution in [0.5, 0.6) is 0 Å². The summed E-state index contributed by atoms with van der Waals surface area (Å²) in [5.74, 6) is -0.181. The minimum absolute atomic E-state index is 0.0793. The average molecular weight is 374 g/mol. The van der Waals surface area contributed by atoms with Crippen LogP contribution < -0.4 is 10.6 Å². The van der Waals surface area contributed by atoms with Crippen LogP contribution in [0.2, 0.25) is 10.0 Å². The number of benzene rings is 2. The van der Waals surface area contributed by atoms with Crippen LogP contribution >= 0.6 is 39.1 Å². The molecule has 0 unspecified atom stereocenters. The van der Waals surface area contributed by atoms with Gasteiger partial charge in [-0.1, -0.05) is 51.3 Å². The summed E-state index contributed by atoms with van der Waals surface area (Å²) in [5, 5.41) is 6.66. The lowest BCUT2D eigenvalue weighted by molar-refractivity contribution is -0.114. The first-order chi connectivity index (χ1) is 9.56. The topological polar surface area (TPSA) is 41.1 Å². The second-order valence-electron chi connectivity index (χ2n) is 4.01. The van der Waals surface area contributed by atoms with Crippen LogP contribution in [-0.2, 0) is 4.79 Å². The maximum Gasteiger partial charge on any atom is 0.243 e. The van der Waals surface area contributed by atoms with Crippen molar-refractivity contribution in [3.05, 3.63) is 57.0 Å². The van der Waals surface area contributed by atoms with Crippen LogP contribution in [0.15, 0.2) is 46.9 Å². The number of hydrogen-bond acceptors (Lipinski definition) is 2. The Bertz CT molecular complexity index is 614. The number of rotatable bonds is 4. The van der Waals surface area contributed by atoms with Gasteiger partial charge in [-0.05, 0) is 30.3 Å². The first-order valence-electron chi connectivity index (χ1n) is 5.79. The fourth-order valence-electron chi connectivity index (χ4n) is 1.61. The van der Waals surface area contributed by atoms with Crippen molar-refractivity contribution in [3.8, 4) is 0 Å². The fraction of sp³-hybridized carbons (Fsp3) is 0.0714. The van der Waals surface area contributed by atoms with Gasteiger partial charge in [0.15, 0.2) is 0 Å². The molecule has 0 atom stereocenters. The molecule has 0 heterocycles. The van der Waals surface area contributed by atoms with E-state index in [4.69, 9.17) is 23.2 Å². The number of hydrogen-bond donors (Lipinski definition) is 2. The molecule has 2 rings (SSSR count). The number of amides is 1. The third-order valence-corrected chi connectivity index (χ3v) is 3.62. The van der Waals surface area contributed by atoms with Gasteiger partial charge >= 0.3 is 0 Å². The van der Waals surface area contributed by atoms with Gasteiger partial charge in [0.2, 0.25) is 5.91 Å². The highest BCUT2D eigenvalue weighted by Gasteiger charge is 2.07. The number of carbonyl (C=O) groups excluding carboxylic acids is 1. The molecule has 0 fully saturated rings. The standard InChI is InChI=1S/C14H11BrCl2N2O/c15-9-3-1-4-10(7-9)19-13(20)8-18-14-11(16)5-2-6-12(14)17/h1-7,18H,8H2,(H,19,20). The van der Waals surface area contributed by atoms with Crippen LogP contribution in [0.1, 0.15) is 0 Å². The Kier molecular flexibility index (Phi) is 5.29. The molecule has 0 saturated heterocycles. The molecule has 3 nitrogen and oxygen atoms in total. The first-order valence-corrected chi connectivity index (χ1v) is 7.34. The van der Waals surface area contributed by atoms with E-state index >= 15 is 0 Å². The number of anilines is 2. The quantitative estimate of drug-likeness (QED) is 0.807.